The topological polar surface area (TPSA) is 122 Å². The number of ether oxygens (including phenoxy) is 1. The molecule has 0 spiro atoms. The van der Waals surface area contributed by atoms with E-state index in [4.69, 9.17) is 4.74 Å². The summed E-state index contributed by atoms with van der Waals surface area (Å²) in [6.45, 7) is 3.97. The number of H-pyrrole nitrogens is 2. The summed E-state index contributed by atoms with van der Waals surface area (Å²) in [5.41, 5.74) is 1.92. The fourth-order valence-electron chi connectivity index (χ4n) is 3.48. The molecule has 32 heavy (non-hydrogen) atoms. The molecular weight excluding hydrogens is 430 g/mol. The average molecular weight is 454 g/mol. The number of carbonyl (C=O) groups is 1. The van der Waals surface area contributed by atoms with E-state index in [-0.39, 0.29) is 23.2 Å². The highest BCUT2D eigenvalue weighted by atomic mass is 32.2. The molecule has 4 aromatic rings. The first kappa shape index (κ1) is 21.8. The second-order valence-electron chi connectivity index (χ2n) is 7.48. The van der Waals surface area contributed by atoms with E-state index in [1.54, 1.807) is 55.0 Å². The summed E-state index contributed by atoms with van der Waals surface area (Å²) in [6, 6.07) is 12.0. The van der Waals surface area contributed by atoms with Crippen LogP contribution in [-0.4, -0.2) is 44.4 Å². The van der Waals surface area contributed by atoms with Crippen LogP contribution in [0.15, 0.2) is 57.2 Å². The van der Waals surface area contributed by atoms with Gasteiger partial charge in [-0.3, -0.25) is 14.2 Å². The number of aromatic nitrogens is 4. The Bertz CT molecular complexity index is 1410. The lowest BCUT2D eigenvalue weighted by molar-refractivity contribution is -0.115. The van der Waals surface area contributed by atoms with E-state index in [1.807, 2.05) is 13.0 Å². The van der Waals surface area contributed by atoms with Crippen molar-refractivity contribution in [1.82, 2.24) is 19.5 Å². The first-order chi connectivity index (χ1) is 15.4. The number of anilines is 1. The SMILES string of the molecule is COCC(C)n1c(SC(C)C(=O)Nc2ccc3[nH]c(=O)[nH]c3c2)nc2ccccc2c1=O. The molecule has 166 valence electrons. The Kier molecular flexibility index (Phi) is 6.15. The summed E-state index contributed by atoms with van der Waals surface area (Å²) in [5, 5.41) is 3.29. The summed E-state index contributed by atoms with van der Waals surface area (Å²) < 4.78 is 6.82. The predicted octanol–water partition coefficient (Wildman–Crippen LogP) is 2.89. The lowest BCUT2D eigenvalue weighted by Gasteiger charge is -2.20. The number of methoxy groups -OCH3 is 1. The fourth-order valence-corrected chi connectivity index (χ4v) is 4.49. The third-order valence-corrected chi connectivity index (χ3v) is 6.13. The minimum absolute atomic E-state index is 0.169. The van der Waals surface area contributed by atoms with Gasteiger partial charge in [-0.15, -0.1) is 0 Å². The van der Waals surface area contributed by atoms with Gasteiger partial charge in [0.05, 0.1) is 39.8 Å². The number of para-hydroxylation sites is 1. The van der Waals surface area contributed by atoms with Gasteiger partial charge in [0.1, 0.15) is 0 Å². The van der Waals surface area contributed by atoms with Crippen molar-refractivity contribution in [2.75, 3.05) is 19.0 Å². The normalized spacial score (nSPS) is 13.3. The molecule has 2 heterocycles. The standard InChI is InChI=1S/C22H23N5O4S/c1-12(11-31-3)27-20(29)15-6-4-5-7-16(15)26-22(27)32-13(2)19(28)23-14-8-9-17-18(10-14)25-21(30)24-17/h4-10,12-13H,11H2,1-3H3,(H,23,28)(H2,24,25,30). The zero-order valence-corrected chi connectivity index (χ0v) is 18.7. The van der Waals surface area contributed by atoms with Crippen molar-refractivity contribution >= 4 is 45.3 Å². The molecule has 2 unspecified atom stereocenters. The molecule has 2 aromatic carbocycles. The maximum atomic E-state index is 13.2. The van der Waals surface area contributed by atoms with Gasteiger partial charge in [-0.05, 0) is 44.2 Å². The molecule has 9 nitrogen and oxygen atoms in total. The molecule has 3 N–H and O–H groups in total. The number of hydrogen-bond acceptors (Lipinski definition) is 6. The smallest absolute Gasteiger partial charge is 0.323 e. The molecule has 2 aromatic heterocycles. The first-order valence-electron chi connectivity index (χ1n) is 10.1. The highest BCUT2D eigenvalue weighted by Gasteiger charge is 2.22. The van der Waals surface area contributed by atoms with Crippen LogP contribution in [0.5, 0.6) is 0 Å². The van der Waals surface area contributed by atoms with Crippen molar-refractivity contribution in [1.29, 1.82) is 0 Å². The number of thioether (sulfide) groups is 1. The number of aromatic amines is 2. The summed E-state index contributed by atoms with van der Waals surface area (Å²) in [6.07, 6.45) is 0. The van der Waals surface area contributed by atoms with Crippen LogP contribution in [0.4, 0.5) is 5.69 Å². The minimum atomic E-state index is -0.537. The van der Waals surface area contributed by atoms with Crippen molar-refractivity contribution in [3.63, 3.8) is 0 Å². The van der Waals surface area contributed by atoms with E-state index in [1.165, 1.54) is 11.8 Å². The average Bonchev–Trinajstić information content (AvgIpc) is 3.13. The van der Waals surface area contributed by atoms with Crippen LogP contribution in [0.1, 0.15) is 19.9 Å². The zero-order valence-electron chi connectivity index (χ0n) is 17.8. The van der Waals surface area contributed by atoms with Gasteiger partial charge in [0, 0.05) is 12.8 Å². The molecule has 1 amide bonds. The van der Waals surface area contributed by atoms with Crippen LogP contribution >= 0.6 is 11.8 Å². The van der Waals surface area contributed by atoms with Gasteiger partial charge in [-0.25, -0.2) is 9.78 Å². The Morgan fingerprint density at radius 2 is 1.91 bits per heavy atom. The quantitative estimate of drug-likeness (QED) is 0.292. The fraction of sp³-hybridized carbons (Fsp3) is 0.273. The molecular formula is C22H23N5O4S. The van der Waals surface area contributed by atoms with Gasteiger partial charge in [0.2, 0.25) is 5.91 Å². The monoisotopic (exact) mass is 453 g/mol. The van der Waals surface area contributed by atoms with Crippen LogP contribution in [0.25, 0.3) is 21.9 Å². The van der Waals surface area contributed by atoms with Crippen LogP contribution in [0, 0.1) is 0 Å². The number of amides is 1. The predicted molar refractivity (Wildman–Crippen MR) is 125 cm³/mol. The Labute approximate surface area is 187 Å². The number of imidazole rings is 1. The van der Waals surface area contributed by atoms with Gasteiger partial charge in [-0.1, -0.05) is 23.9 Å². The number of carbonyl (C=O) groups excluding carboxylic acids is 1. The van der Waals surface area contributed by atoms with Crippen molar-refractivity contribution in [3.8, 4) is 0 Å². The third kappa shape index (κ3) is 4.32. The minimum Gasteiger partial charge on any atom is -0.383 e. The molecule has 0 aliphatic rings. The lowest BCUT2D eigenvalue weighted by atomic mass is 10.2. The molecule has 0 aliphatic heterocycles. The summed E-state index contributed by atoms with van der Waals surface area (Å²) in [4.78, 5) is 47.5. The Morgan fingerprint density at radius 1 is 1.16 bits per heavy atom. The number of nitrogens with one attached hydrogen (secondary N) is 3. The van der Waals surface area contributed by atoms with Crippen LogP contribution < -0.4 is 16.6 Å². The van der Waals surface area contributed by atoms with Gasteiger partial charge in [0.15, 0.2) is 5.16 Å². The summed E-state index contributed by atoms with van der Waals surface area (Å²) in [7, 11) is 1.58. The van der Waals surface area contributed by atoms with Gasteiger partial charge in [0.25, 0.3) is 5.56 Å². The van der Waals surface area contributed by atoms with E-state index >= 15 is 0 Å². The van der Waals surface area contributed by atoms with Crippen LogP contribution in [0.2, 0.25) is 0 Å². The molecule has 0 fully saturated rings. The molecule has 0 saturated carbocycles. The Hall–Kier alpha value is -3.37. The zero-order chi connectivity index (χ0) is 22.8. The number of rotatable bonds is 7. The van der Waals surface area contributed by atoms with E-state index < -0.39 is 5.25 Å². The number of nitrogens with zero attached hydrogens (tertiary/aromatic N) is 2. The van der Waals surface area contributed by atoms with Crippen molar-refractivity contribution in [2.45, 2.75) is 30.3 Å². The Morgan fingerprint density at radius 3 is 2.69 bits per heavy atom. The highest BCUT2D eigenvalue weighted by molar-refractivity contribution is 8.00. The molecule has 0 aliphatic carbocycles. The van der Waals surface area contributed by atoms with E-state index in [9.17, 15) is 14.4 Å². The highest BCUT2D eigenvalue weighted by Crippen LogP contribution is 2.26. The van der Waals surface area contributed by atoms with Crippen molar-refractivity contribution < 1.29 is 9.53 Å². The second-order valence-corrected chi connectivity index (χ2v) is 8.79. The van der Waals surface area contributed by atoms with Gasteiger partial charge < -0.3 is 20.0 Å². The molecule has 0 bridgehead atoms. The van der Waals surface area contributed by atoms with Gasteiger partial charge in [-0.2, -0.15) is 0 Å². The van der Waals surface area contributed by atoms with Gasteiger partial charge >= 0.3 is 5.69 Å². The van der Waals surface area contributed by atoms with E-state index in [2.05, 4.69) is 20.3 Å². The third-order valence-electron chi connectivity index (χ3n) is 5.06. The molecule has 0 radical (unpaired) electrons. The number of hydrogen-bond donors (Lipinski definition) is 3. The molecule has 10 heteroatoms. The first-order valence-corrected chi connectivity index (χ1v) is 10.9. The number of fused-ring (bicyclic) bond motifs is 2. The summed E-state index contributed by atoms with van der Waals surface area (Å²) in [5.74, 6) is -0.249. The molecule has 4 rings (SSSR count). The lowest BCUT2D eigenvalue weighted by Crippen LogP contribution is -2.30. The molecule has 2 atom stereocenters. The summed E-state index contributed by atoms with van der Waals surface area (Å²) >= 11 is 1.21. The van der Waals surface area contributed by atoms with Crippen molar-refractivity contribution in [2.24, 2.45) is 0 Å². The molecule has 0 saturated heterocycles. The van der Waals surface area contributed by atoms with Crippen molar-refractivity contribution in [3.05, 3.63) is 63.3 Å². The second kappa shape index (κ2) is 9.01. The van der Waals surface area contributed by atoms with Crippen LogP contribution in [0.3, 0.4) is 0 Å². The van der Waals surface area contributed by atoms with Crippen LogP contribution in [-0.2, 0) is 9.53 Å². The largest absolute Gasteiger partial charge is 0.383 e. The number of benzene rings is 2. The van der Waals surface area contributed by atoms with E-state index in [0.29, 0.717) is 39.4 Å². The maximum Gasteiger partial charge on any atom is 0.323 e. The Balaban J connectivity index is 1.62. The van der Waals surface area contributed by atoms with E-state index in [0.717, 1.165) is 0 Å². The maximum absolute atomic E-state index is 13.2.